The van der Waals surface area contributed by atoms with Gasteiger partial charge < -0.3 is 9.64 Å². The zero-order valence-electron chi connectivity index (χ0n) is 15.7. The van der Waals surface area contributed by atoms with E-state index >= 15 is 0 Å². The third-order valence-corrected chi connectivity index (χ3v) is 5.11. The van der Waals surface area contributed by atoms with Gasteiger partial charge in [0.2, 0.25) is 0 Å². The number of halogens is 3. The fourth-order valence-electron chi connectivity index (χ4n) is 3.25. The molecule has 150 valence electrons. The van der Waals surface area contributed by atoms with Gasteiger partial charge in [0.25, 0.3) is 5.91 Å². The molecule has 1 heterocycles. The molecular formula is C20H16F3N3O3. The Kier molecular flexibility index (Phi) is 4.74. The number of likely N-dealkylation sites (N-methyl/N-ethyl adjacent to an activating group) is 1. The molecule has 0 saturated carbocycles. The van der Waals surface area contributed by atoms with Crippen LogP contribution in [0.25, 0.3) is 0 Å². The van der Waals surface area contributed by atoms with Gasteiger partial charge in [-0.2, -0.15) is 18.4 Å². The van der Waals surface area contributed by atoms with Gasteiger partial charge in [-0.25, -0.2) is 9.69 Å². The molecule has 9 heteroatoms. The summed E-state index contributed by atoms with van der Waals surface area (Å²) in [7, 11) is 2.89. The van der Waals surface area contributed by atoms with Crippen molar-refractivity contribution in [3.63, 3.8) is 0 Å². The zero-order valence-corrected chi connectivity index (χ0v) is 15.7. The predicted molar refractivity (Wildman–Crippen MR) is 97.2 cm³/mol. The Morgan fingerprint density at radius 3 is 2.24 bits per heavy atom. The van der Waals surface area contributed by atoms with Crippen molar-refractivity contribution >= 4 is 17.6 Å². The van der Waals surface area contributed by atoms with Crippen LogP contribution >= 0.6 is 0 Å². The molecule has 0 aromatic heterocycles. The van der Waals surface area contributed by atoms with Crippen LogP contribution in [-0.2, 0) is 16.5 Å². The van der Waals surface area contributed by atoms with E-state index in [0.717, 1.165) is 12.1 Å². The van der Waals surface area contributed by atoms with Gasteiger partial charge in [-0.15, -0.1) is 0 Å². The molecule has 2 aromatic rings. The summed E-state index contributed by atoms with van der Waals surface area (Å²) in [5, 5.41) is 8.94. The lowest BCUT2D eigenvalue weighted by Crippen LogP contribution is -2.42. The second-order valence-electron chi connectivity index (χ2n) is 6.62. The highest BCUT2D eigenvalue weighted by molar-refractivity contribution is 6.23. The SMILES string of the molecule is COc1ccc(C2(C)C(=O)N(c3ccc(C#N)c(C(F)(F)F)c3)C(=O)N2C)cc1. The van der Waals surface area contributed by atoms with Crippen LogP contribution in [0.15, 0.2) is 42.5 Å². The Hall–Kier alpha value is -3.54. The van der Waals surface area contributed by atoms with Crippen molar-refractivity contribution in [3.8, 4) is 11.8 Å². The lowest BCUT2D eigenvalue weighted by molar-refractivity contribution is -0.137. The van der Waals surface area contributed by atoms with Gasteiger partial charge in [-0.3, -0.25) is 4.79 Å². The maximum Gasteiger partial charge on any atom is 0.417 e. The first-order valence-corrected chi connectivity index (χ1v) is 8.44. The number of nitrogens with zero attached hydrogens (tertiary/aromatic N) is 3. The first kappa shape index (κ1) is 20.2. The first-order chi connectivity index (χ1) is 13.6. The summed E-state index contributed by atoms with van der Waals surface area (Å²) in [5.74, 6) is -0.149. The third-order valence-electron chi connectivity index (χ3n) is 5.11. The Balaban J connectivity index is 2.10. The van der Waals surface area contributed by atoms with E-state index in [2.05, 4.69) is 0 Å². The summed E-state index contributed by atoms with van der Waals surface area (Å²) in [6.07, 6.45) is -4.81. The Bertz CT molecular complexity index is 1030. The molecule has 1 aliphatic heterocycles. The highest BCUT2D eigenvalue weighted by atomic mass is 19.4. The standard InChI is InChI=1S/C20H16F3N3O3/c1-19(13-5-8-15(29-3)9-6-13)17(27)26(18(28)25(19)2)14-7-4-12(11-24)16(10-14)20(21,22)23/h4-10H,1-3H3. The van der Waals surface area contributed by atoms with E-state index in [9.17, 15) is 22.8 Å². The average molecular weight is 403 g/mol. The Morgan fingerprint density at radius 2 is 1.72 bits per heavy atom. The lowest BCUT2D eigenvalue weighted by Gasteiger charge is -2.29. The Morgan fingerprint density at radius 1 is 1.10 bits per heavy atom. The number of methoxy groups -OCH3 is 1. The fourth-order valence-corrected chi connectivity index (χ4v) is 3.25. The van der Waals surface area contributed by atoms with Crippen molar-refractivity contribution in [2.24, 2.45) is 0 Å². The van der Waals surface area contributed by atoms with E-state index < -0.39 is 34.8 Å². The van der Waals surface area contributed by atoms with Crippen LogP contribution in [-0.4, -0.2) is 31.0 Å². The van der Waals surface area contributed by atoms with Crippen molar-refractivity contribution in [2.75, 3.05) is 19.1 Å². The molecule has 0 spiro atoms. The molecule has 0 radical (unpaired) electrons. The number of nitriles is 1. The maximum absolute atomic E-state index is 13.3. The number of alkyl halides is 3. The number of hydrogen-bond donors (Lipinski definition) is 0. The minimum Gasteiger partial charge on any atom is -0.497 e. The average Bonchev–Trinajstić information content (AvgIpc) is 2.88. The minimum absolute atomic E-state index is 0.254. The van der Waals surface area contributed by atoms with Crippen LogP contribution in [0.2, 0.25) is 0 Å². The lowest BCUT2D eigenvalue weighted by atomic mass is 9.90. The molecule has 1 fully saturated rings. The van der Waals surface area contributed by atoms with E-state index in [1.807, 2.05) is 0 Å². The highest BCUT2D eigenvalue weighted by Gasteiger charge is 2.54. The summed E-state index contributed by atoms with van der Waals surface area (Å²) < 4.78 is 45.0. The van der Waals surface area contributed by atoms with Crippen LogP contribution in [0.5, 0.6) is 5.75 Å². The van der Waals surface area contributed by atoms with Crippen LogP contribution in [0.3, 0.4) is 0 Å². The van der Waals surface area contributed by atoms with Crippen molar-refractivity contribution < 1.29 is 27.5 Å². The molecule has 6 nitrogen and oxygen atoms in total. The summed E-state index contributed by atoms with van der Waals surface area (Å²) >= 11 is 0. The topological polar surface area (TPSA) is 73.6 Å². The number of anilines is 1. The Labute approximate surface area is 164 Å². The van der Waals surface area contributed by atoms with E-state index in [4.69, 9.17) is 10.00 Å². The molecule has 29 heavy (non-hydrogen) atoms. The summed E-state index contributed by atoms with van der Waals surface area (Å²) in [6.45, 7) is 1.52. The number of amides is 3. The monoisotopic (exact) mass is 403 g/mol. The number of urea groups is 1. The first-order valence-electron chi connectivity index (χ1n) is 8.44. The third kappa shape index (κ3) is 3.06. The van der Waals surface area contributed by atoms with Crippen LogP contribution in [0.4, 0.5) is 23.7 Å². The maximum atomic E-state index is 13.3. The molecule has 3 rings (SSSR count). The summed E-state index contributed by atoms with van der Waals surface area (Å²) in [4.78, 5) is 27.9. The predicted octanol–water partition coefficient (Wildman–Crippen LogP) is 3.90. The molecule has 2 aromatic carbocycles. The molecule has 0 aliphatic carbocycles. The minimum atomic E-state index is -4.81. The normalized spacial score (nSPS) is 19.5. The molecule has 1 unspecified atom stereocenters. The molecule has 0 N–H and O–H groups in total. The summed E-state index contributed by atoms with van der Waals surface area (Å²) in [6, 6.07) is 9.91. The number of carbonyl (C=O) groups excluding carboxylic acids is 2. The van der Waals surface area contributed by atoms with Crippen molar-refractivity contribution in [1.29, 1.82) is 5.26 Å². The second-order valence-corrected chi connectivity index (χ2v) is 6.62. The molecule has 1 saturated heterocycles. The van der Waals surface area contributed by atoms with Crippen molar-refractivity contribution in [1.82, 2.24) is 4.90 Å². The van der Waals surface area contributed by atoms with Gasteiger partial charge in [-0.05, 0) is 42.8 Å². The molecular weight excluding hydrogens is 387 g/mol. The van der Waals surface area contributed by atoms with Crippen LogP contribution < -0.4 is 9.64 Å². The quantitative estimate of drug-likeness (QED) is 0.729. The van der Waals surface area contributed by atoms with Gasteiger partial charge in [-0.1, -0.05) is 12.1 Å². The van der Waals surface area contributed by atoms with Crippen molar-refractivity contribution in [3.05, 3.63) is 59.2 Å². The smallest absolute Gasteiger partial charge is 0.417 e. The summed E-state index contributed by atoms with van der Waals surface area (Å²) in [5.41, 5.74) is -3.00. The van der Waals surface area contributed by atoms with Gasteiger partial charge >= 0.3 is 12.2 Å². The molecule has 1 atom stereocenters. The number of hydrogen-bond acceptors (Lipinski definition) is 4. The number of ether oxygens (including phenoxy) is 1. The van der Waals surface area contributed by atoms with Gasteiger partial charge in [0.15, 0.2) is 0 Å². The zero-order chi connectivity index (χ0) is 21.6. The molecule has 1 aliphatic rings. The van der Waals surface area contributed by atoms with Crippen molar-refractivity contribution in [2.45, 2.75) is 18.6 Å². The van der Waals surface area contributed by atoms with E-state index in [1.165, 1.54) is 32.1 Å². The number of carbonyl (C=O) groups is 2. The number of benzene rings is 2. The molecule has 0 bridgehead atoms. The van der Waals surface area contributed by atoms with Gasteiger partial charge in [0, 0.05) is 7.05 Å². The second kappa shape index (κ2) is 6.81. The van der Waals surface area contributed by atoms with Gasteiger partial charge in [0.1, 0.15) is 11.3 Å². The largest absolute Gasteiger partial charge is 0.497 e. The van der Waals surface area contributed by atoms with E-state index in [1.54, 1.807) is 24.3 Å². The van der Waals surface area contributed by atoms with Crippen LogP contribution in [0.1, 0.15) is 23.6 Å². The van der Waals surface area contributed by atoms with E-state index in [0.29, 0.717) is 22.3 Å². The van der Waals surface area contributed by atoms with Crippen LogP contribution in [0, 0.1) is 11.3 Å². The molecule has 3 amide bonds. The van der Waals surface area contributed by atoms with E-state index in [-0.39, 0.29) is 5.69 Å². The number of imide groups is 1. The fraction of sp³-hybridized carbons (Fsp3) is 0.250. The highest BCUT2D eigenvalue weighted by Crippen LogP contribution is 2.41. The number of rotatable bonds is 3. The van der Waals surface area contributed by atoms with Gasteiger partial charge in [0.05, 0.1) is 30.0 Å².